The van der Waals surface area contributed by atoms with Gasteiger partial charge in [-0.25, -0.2) is 4.79 Å². The van der Waals surface area contributed by atoms with E-state index in [0.29, 0.717) is 5.57 Å². The van der Waals surface area contributed by atoms with Crippen LogP contribution in [0.4, 0.5) is 0 Å². The molecule has 1 aliphatic rings. The molecule has 0 aliphatic heterocycles. The first-order valence-electron chi connectivity index (χ1n) is 6.57. The molecule has 0 radical (unpaired) electrons. The van der Waals surface area contributed by atoms with E-state index in [9.17, 15) is 9.90 Å². The molecule has 1 N–H and O–H groups in total. The summed E-state index contributed by atoms with van der Waals surface area (Å²) in [5.74, 6) is -0.899. The minimum Gasteiger partial charge on any atom is -0.478 e. The highest BCUT2D eigenvalue weighted by atomic mass is 16.4. The van der Waals surface area contributed by atoms with Crippen LogP contribution in [0.2, 0.25) is 0 Å². The smallest absolute Gasteiger partial charge is 0.336 e. The van der Waals surface area contributed by atoms with Crippen LogP contribution in [0.15, 0.2) is 49.1 Å². The standard InChI is InChI=1S/C17H18O2/c1-2-3-4-9-16(17(18)19)15-11-10-13-7-5-6-8-14(13)12-15/h2-4,9-12H,1,5-8H2,(H,18,19)/b4-3+,16-9+. The monoisotopic (exact) mass is 254 g/mol. The number of carboxylic acid groups (broad SMARTS) is 1. The van der Waals surface area contributed by atoms with Gasteiger partial charge in [0.05, 0.1) is 5.57 Å². The molecule has 1 aromatic carbocycles. The molecule has 0 bridgehead atoms. The van der Waals surface area contributed by atoms with Gasteiger partial charge in [-0.05, 0) is 48.4 Å². The number of hydrogen-bond donors (Lipinski definition) is 1. The highest BCUT2D eigenvalue weighted by molar-refractivity contribution is 6.15. The van der Waals surface area contributed by atoms with Crippen molar-refractivity contribution in [1.82, 2.24) is 0 Å². The second-order valence-corrected chi connectivity index (χ2v) is 4.70. The van der Waals surface area contributed by atoms with Gasteiger partial charge < -0.3 is 5.11 Å². The summed E-state index contributed by atoms with van der Waals surface area (Å²) in [6.45, 7) is 3.57. The molecule has 0 saturated carbocycles. The molecule has 2 heteroatoms. The molecule has 0 aromatic heterocycles. The van der Waals surface area contributed by atoms with E-state index in [1.54, 1.807) is 24.3 Å². The third-order valence-electron chi connectivity index (χ3n) is 3.40. The Hall–Kier alpha value is -2.09. The average Bonchev–Trinajstić information content (AvgIpc) is 2.43. The zero-order valence-electron chi connectivity index (χ0n) is 10.9. The number of aryl methyl sites for hydroxylation is 2. The summed E-state index contributed by atoms with van der Waals surface area (Å²) >= 11 is 0. The number of carbonyl (C=O) groups is 1. The van der Waals surface area contributed by atoms with E-state index >= 15 is 0 Å². The third kappa shape index (κ3) is 3.22. The molecule has 1 aliphatic carbocycles. The van der Waals surface area contributed by atoms with Gasteiger partial charge in [0.25, 0.3) is 0 Å². The lowest BCUT2D eigenvalue weighted by atomic mass is 9.89. The second-order valence-electron chi connectivity index (χ2n) is 4.70. The summed E-state index contributed by atoms with van der Waals surface area (Å²) in [6, 6.07) is 6.00. The number of aliphatic carboxylic acids is 1. The number of benzene rings is 1. The van der Waals surface area contributed by atoms with Crippen LogP contribution < -0.4 is 0 Å². The lowest BCUT2D eigenvalue weighted by Gasteiger charge is -2.16. The third-order valence-corrected chi connectivity index (χ3v) is 3.40. The molecule has 0 spiro atoms. The Balaban J connectivity index is 2.37. The summed E-state index contributed by atoms with van der Waals surface area (Å²) in [5.41, 5.74) is 3.76. The van der Waals surface area contributed by atoms with E-state index in [4.69, 9.17) is 0 Å². The lowest BCUT2D eigenvalue weighted by molar-refractivity contribution is -0.130. The molecule has 0 heterocycles. The zero-order chi connectivity index (χ0) is 13.7. The Labute approximate surface area is 113 Å². The van der Waals surface area contributed by atoms with Gasteiger partial charge in [-0.1, -0.05) is 43.0 Å². The van der Waals surface area contributed by atoms with Gasteiger partial charge in [-0.2, -0.15) is 0 Å². The minimum absolute atomic E-state index is 0.325. The van der Waals surface area contributed by atoms with Crippen molar-refractivity contribution in [3.63, 3.8) is 0 Å². The molecule has 0 unspecified atom stereocenters. The quantitative estimate of drug-likeness (QED) is 0.656. The van der Waals surface area contributed by atoms with E-state index in [2.05, 4.69) is 12.6 Å². The highest BCUT2D eigenvalue weighted by Gasteiger charge is 2.14. The van der Waals surface area contributed by atoms with Crippen LogP contribution in [-0.4, -0.2) is 11.1 Å². The molecule has 2 nitrogen and oxygen atoms in total. The van der Waals surface area contributed by atoms with Crippen molar-refractivity contribution < 1.29 is 9.90 Å². The maximum Gasteiger partial charge on any atom is 0.336 e. The van der Waals surface area contributed by atoms with Crippen LogP contribution in [-0.2, 0) is 17.6 Å². The van der Waals surface area contributed by atoms with E-state index in [0.717, 1.165) is 18.4 Å². The van der Waals surface area contributed by atoms with Crippen molar-refractivity contribution in [1.29, 1.82) is 0 Å². The fraction of sp³-hybridized carbons (Fsp3) is 0.235. The number of rotatable bonds is 4. The van der Waals surface area contributed by atoms with Crippen LogP contribution in [0.3, 0.4) is 0 Å². The molecule has 0 fully saturated rings. The van der Waals surface area contributed by atoms with Gasteiger partial charge in [0.1, 0.15) is 0 Å². The fourth-order valence-electron chi connectivity index (χ4n) is 2.42. The summed E-state index contributed by atoms with van der Waals surface area (Å²) in [5, 5.41) is 9.30. The Morgan fingerprint density at radius 2 is 1.89 bits per heavy atom. The van der Waals surface area contributed by atoms with Gasteiger partial charge >= 0.3 is 5.97 Å². The molecular formula is C17H18O2. The molecule has 0 saturated heterocycles. The van der Waals surface area contributed by atoms with Crippen LogP contribution in [0, 0.1) is 0 Å². The molecule has 0 amide bonds. The van der Waals surface area contributed by atoms with Gasteiger partial charge in [0.15, 0.2) is 0 Å². The van der Waals surface area contributed by atoms with Gasteiger partial charge in [0.2, 0.25) is 0 Å². The summed E-state index contributed by atoms with van der Waals surface area (Å²) in [7, 11) is 0. The Morgan fingerprint density at radius 1 is 1.16 bits per heavy atom. The average molecular weight is 254 g/mol. The van der Waals surface area contributed by atoms with Crippen molar-refractivity contribution in [3.05, 3.63) is 65.8 Å². The predicted octanol–water partition coefficient (Wildman–Crippen LogP) is 3.78. The van der Waals surface area contributed by atoms with Crippen LogP contribution in [0.5, 0.6) is 0 Å². The van der Waals surface area contributed by atoms with Crippen molar-refractivity contribution in [2.24, 2.45) is 0 Å². The predicted molar refractivity (Wildman–Crippen MR) is 78.0 cm³/mol. The van der Waals surface area contributed by atoms with Crippen molar-refractivity contribution in [2.75, 3.05) is 0 Å². The first-order valence-corrected chi connectivity index (χ1v) is 6.57. The summed E-state index contributed by atoms with van der Waals surface area (Å²) < 4.78 is 0. The van der Waals surface area contributed by atoms with Gasteiger partial charge in [-0.3, -0.25) is 0 Å². The normalized spacial score (nSPS) is 15.3. The topological polar surface area (TPSA) is 37.3 Å². The largest absolute Gasteiger partial charge is 0.478 e. The molecule has 98 valence electrons. The second kappa shape index (κ2) is 6.19. The van der Waals surface area contributed by atoms with E-state index in [-0.39, 0.29) is 0 Å². The number of allylic oxidation sites excluding steroid dienone is 4. The number of fused-ring (bicyclic) bond motifs is 1. The molecule has 0 atom stereocenters. The highest BCUT2D eigenvalue weighted by Crippen LogP contribution is 2.25. The van der Waals surface area contributed by atoms with Crippen LogP contribution in [0.1, 0.15) is 29.5 Å². The Bertz CT molecular complexity index is 550. The van der Waals surface area contributed by atoms with E-state index < -0.39 is 5.97 Å². The maximum absolute atomic E-state index is 11.3. The molecule has 2 rings (SSSR count). The van der Waals surface area contributed by atoms with Crippen molar-refractivity contribution in [3.8, 4) is 0 Å². The van der Waals surface area contributed by atoms with Crippen molar-refractivity contribution >= 4 is 11.5 Å². The Morgan fingerprint density at radius 3 is 2.58 bits per heavy atom. The molecule has 1 aromatic rings. The summed E-state index contributed by atoms with van der Waals surface area (Å²) in [6.07, 6.45) is 11.3. The number of hydrogen-bond acceptors (Lipinski definition) is 1. The van der Waals surface area contributed by atoms with Crippen molar-refractivity contribution in [2.45, 2.75) is 25.7 Å². The molecule has 19 heavy (non-hydrogen) atoms. The van der Waals surface area contributed by atoms with Crippen LogP contribution in [0.25, 0.3) is 5.57 Å². The Kier molecular flexibility index (Phi) is 4.35. The first-order chi connectivity index (χ1) is 9.22. The maximum atomic E-state index is 11.3. The lowest BCUT2D eigenvalue weighted by Crippen LogP contribution is -2.05. The fourth-order valence-corrected chi connectivity index (χ4v) is 2.42. The molecular weight excluding hydrogens is 236 g/mol. The van der Waals surface area contributed by atoms with Crippen LogP contribution >= 0.6 is 0 Å². The minimum atomic E-state index is -0.899. The van der Waals surface area contributed by atoms with E-state index in [1.807, 2.05) is 12.1 Å². The summed E-state index contributed by atoms with van der Waals surface area (Å²) in [4.78, 5) is 11.3. The van der Waals surface area contributed by atoms with Gasteiger partial charge in [0, 0.05) is 0 Å². The SMILES string of the molecule is C=C/C=C/C=C(/C(=O)O)c1ccc2c(c1)CCCC2. The first kappa shape index (κ1) is 13.3. The van der Waals surface area contributed by atoms with Gasteiger partial charge in [-0.15, -0.1) is 0 Å². The zero-order valence-corrected chi connectivity index (χ0v) is 10.9. The number of carboxylic acids is 1. The van der Waals surface area contributed by atoms with E-state index in [1.165, 1.54) is 24.0 Å².